The van der Waals surface area contributed by atoms with E-state index in [9.17, 15) is 18.0 Å². The van der Waals surface area contributed by atoms with Gasteiger partial charge in [-0.1, -0.05) is 0 Å². The maximum atomic E-state index is 13.2. The highest BCUT2D eigenvalue weighted by molar-refractivity contribution is 7.13. The van der Waals surface area contributed by atoms with Crippen LogP contribution in [0.3, 0.4) is 0 Å². The van der Waals surface area contributed by atoms with Crippen molar-refractivity contribution in [1.29, 1.82) is 0 Å². The molecule has 0 aromatic carbocycles. The standard InChI is InChI=1S/C13H19F3N4OS/c1-8-11(22-9(2)19-8)12(21)18-7-10(13(14,15)16)20-5-3-17-4-6-20/h10,17H,3-7H2,1-2H3,(H,18,21). The predicted molar refractivity (Wildman–Crippen MR) is 78.2 cm³/mol. The van der Waals surface area contributed by atoms with Crippen molar-refractivity contribution in [3.8, 4) is 0 Å². The lowest BCUT2D eigenvalue weighted by molar-refractivity contribution is -0.183. The van der Waals surface area contributed by atoms with Crippen LogP contribution < -0.4 is 10.6 Å². The molecule has 2 N–H and O–H groups in total. The van der Waals surface area contributed by atoms with Crippen LogP contribution in [-0.4, -0.2) is 60.7 Å². The molecular weight excluding hydrogens is 317 g/mol. The Hall–Kier alpha value is -1.19. The zero-order chi connectivity index (χ0) is 16.3. The molecule has 0 aliphatic carbocycles. The maximum Gasteiger partial charge on any atom is 0.405 e. The van der Waals surface area contributed by atoms with Crippen molar-refractivity contribution in [3.63, 3.8) is 0 Å². The Balaban J connectivity index is 2.01. The molecule has 0 bridgehead atoms. The third-order valence-electron chi connectivity index (χ3n) is 3.54. The molecular formula is C13H19F3N4OS. The average Bonchev–Trinajstić information content (AvgIpc) is 2.77. The summed E-state index contributed by atoms with van der Waals surface area (Å²) in [4.78, 5) is 17.9. The first kappa shape index (κ1) is 17.2. The molecule has 1 aromatic heterocycles. The van der Waals surface area contributed by atoms with E-state index in [2.05, 4.69) is 15.6 Å². The number of rotatable bonds is 4. The van der Waals surface area contributed by atoms with E-state index in [0.29, 0.717) is 36.8 Å². The van der Waals surface area contributed by atoms with E-state index in [1.54, 1.807) is 13.8 Å². The molecule has 2 rings (SSSR count). The summed E-state index contributed by atoms with van der Waals surface area (Å²) in [6.45, 7) is 4.67. The summed E-state index contributed by atoms with van der Waals surface area (Å²) in [6.07, 6.45) is -4.37. The Morgan fingerprint density at radius 2 is 2.05 bits per heavy atom. The number of aryl methyl sites for hydroxylation is 2. The fourth-order valence-corrected chi connectivity index (χ4v) is 3.29. The number of amides is 1. The molecule has 5 nitrogen and oxygen atoms in total. The molecule has 2 heterocycles. The van der Waals surface area contributed by atoms with E-state index in [1.165, 1.54) is 16.2 Å². The van der Waals surface area contributed by atoms with Crippen molar-refractivity contribution in [1.82, 2.24) is 20.5 Å². The Morgan fingerprint density at radius 1 is 1.41 bits per heavy atom. The van der Waals surface area contributed by atoms with Gasteiger partial charge in [-0.3, -0.25) is 9.69 Å². The molecule has 0 saturated carbocycles. The summed E-state index contributed by atoms with van der Waals surface area (Å²) in [5.74, 6) is -0.493. The summed E-state index contributed by atoms with van der Waals surface area (Å²) in [7, 11) is 0. The van der Waals surface area contributed by atoms with Gasteiger partial charge in [0.1, 0.15) is 10.9 Å². The number of alkyl halides is 3. The van der Waals surface area contributed by atoms with Crippen molar-refractivity contribution in [2.75, 3.05) is 32.7 Å². The minimum atomic E-state index is -4.37. The lowest BCUT2D eigenvalue weighted by Crippen LogP contribution is -2.57. The van der Waals surface area contributed by atoms with E-state index in [4.69, 9.17) is 0 Å². The highest BCUT2D eigenvalue weighted by Gasteiger charge is 2.43. The SMILES string of the molecule is Cc1nc(C)c(C(=O)NCC(N2CCNCC2)C(F)(F)F)s1. The van der Waals surface area contributed by atoms with Gasteiger partial charge in [-0.05, 0) is 13.8 Å². The number of aromatic nitrogens is 1. The van der Waals surface area contributed by atoms with Gasteiger partial charge in [0.05, 0.1) is 10.7 Å². The molecule has 1 atom stereocenters. The fraction of sp³-hybridized carbons (Fsp3) is 0.692. The van der Waals surface area contributed by atoms with E-state index in [0.717, 1.165) is 5.01 Å². The molecule has 1 unspecified atom stereocenters. The summed E-state index contributed by atoms with van der Waals surface area (Å²) in [6, 6.07) is -1.66. The van der Waals surface area contributed by atoms with Crippen molar-refractivity contribution >= 4 is 17.2 Å². The van der Waals surface area contributed by atoms with E-state index < -0.39 is 24.7 Å². The van der Waals surface area contributed by atoms with Crippen molar-refractivity contribution < 1.29 is 18.0 Å². The monoisotopic (exact) mass is 336 g/mol. The normalized spacial score (nSPS) is 18.2. The smallest absolute Gasteiger partial charge is 0.349 e. The molecule has 9 heteroatoms. The number of hydrogen-bond acceptors (Lipinski definition) is 5. The first-order chi connectivity index (χ1) is 10.3. The van der Waals surface area contributed by atoms with Crippen LogP contribution in [-0.2, 0) is 0 Å². The number of carbonyl (C=O) groups excluding carboxylic acids is 1. The second-order valence-electron chi connectivity index (χ2n) is 5.20. The van der Waals surface area contributed by atoms with Gasteiger partial charge in [-0.15, -0.1) is 11.3 Å². The van der Waals surface area contributed by atoms with Crippen LogP contribution in [0, 0.1) is 13.8 Å². The third kappa shape index (κ3) is 4.17. The Labute approximate surface area is 130 Å². The molecule has 124 valence electrons. The van der Waals surface area contributed by atoms with Crippen molar-refractivity contribution in [3.05, 3.63) is 15.6 Å². The van der Waals surface area contributed by atoms with E-state index >= 15 is 0 Å². The molecule has 1 fully saturated rings. The van der Waals surface area contributed by atoms with Gasteiger partial charge in [-0.25, -0.2) is 4.98 Å². The van der Waals surface area contributed by atoms with Gasteiger partial charge in [-0.2, -0.15) is 13.2 Å². The first-order valence-electron chi connectivity index (χ1n) is 7.02. The molecule has 1 saturated heterocycles. The van der Waals surface area contributed by atoms with Gasteiger partial charge < -0.3 is 10.6 Å². The number of nitrogens with zero attached hydrogens (tertiary/aromatic N) is 2. The van der Waals surface area contributed by atoms with Crippen LogP contribution in [0.15, 0.2) is 0 Å². The van der Waals surface area contributed by atoms with Crippen LogP contribution in [0.5, 0.6) is 0 Å². The average molecular weight is 336 g/mol. The molecule has 0 spiro atoms. The highest BCUT2D eigenvalue weighted by atomic mass is 32.1. The Morgan fingerprint density at radius 3 is 2.55 bits per heavy atom. The van der Waals surface area contributed by atoms with E-state index in [1.807, 2.05) is 0 Å². The second-order valence-corrected chi connectivity index (χ2v) is 6.40. The maximum absolute atomic E-state index is 13.2. The lowest BCUT2D eigenvalue weighted by atomic mass is 10.2. The minimum Gasteiger partial charge on any atom is -0.349 e. The number of nitrogens with one attached hydrogen (secondary N) is 2. The number of carbonyl (C=O) groups is 1. The molecule has 1 amide bonds. The highest BCUT2D eigenvalue weighted by Crippen LogP contribution is 2.25. The Kier molecular flexibility index (Phi) is 5.41. The number of hydrogen-bond donors (Lipinski definition) is 2. The number of halogens is 3. The minimum absolute atomic E-state index is 0.318. The number of piperazine rings is 1. The second kappa shape index (κ2) is 6.93. The zero-order valence-corrected chi connectivity index (χ0v) is 13.3. The van der Waals surface area contributed by atoms with Crippen LogP contribution in [0.2, 0.25) is 0 Å². The van der Waals surface area contributed by atoms with Gasteiger partial charge in [0.2, 0.25) is 0 Å². The van der Waals surface area contributed by atoms with Crippen LogP contribution in [0.1, 0.15) is 20.4 Å². The fourth-order valence-electron chi connectivity index (χ4n) is 2.46. The topological polar surface area (TPSA) is 57.3 Å². The summed E-state index contributed by atoms with van der Waals surface area (Å²) in [5, 5.41) is 6.15. The summed E-state index contributed by atoms with van der Waals surface area (Å²) in [5.41, 5.74) is 0.547. The van der Waals surface area contributed by atoms with Crippen LogP contribution in [0.25, 0.3) is 0 Å². The van der Waals surface area contributed by atoms with E-state index in [-0.39, 0.29) is 0 Å². The Bertz CT molecular complexity index is 526. The lowest BCUT2D eigenvalue weighted by Gasteiger charge is -2.35. The first-order valence-corrected chi connectivity index (χ1v) is 7.84. The van der Waals surface area contributed by atoms with Gasteiger partial charge >= 0.3 is 6.18 Å². The van der Waals surface area contributed by atoms with Crippen molar-refractivity contribution in [2.24, 2.45) is 0 Å². The summed E-state index contributed by atoms with van der Waals surface area (Å²) >= 11 is 1.19. The number of thiazole rings is 1. The largest absolute Gasteiger partial charge is 0.405 e. The quantitative estimate of drug-likeness (QED) is 0.871. The summed E-state index contributed by atoms with van der Waals surface area (Å²) < 4.78 is 39.7. The molecule has 22 heavy (non-hydrogen) atoms. The molecule has 1 aliphatic rings. The van der Waals surface area contributed by atoms with Crippen LogP contribution in [0.4, 0.5) is 13.2 Å². The zero-order valence-electron chi connectivity index (χ0n) is 12.5. The molecule has 0 radical (unpaired) electrons. The van der Waals surface area contributed by atoms with Crippen molar-refractivity contribution in [2.45, 2.75) is 26.1 Å². The predicted octanol–water partition coefficient (Wildman–Crippen LogP) is 1.33. The van der Waals surface area contributed by atoms with Gasteiger partial charge in [0, 0.05) is 32.7 Å². The third-order valence-corrected chi connectivity index (χ3v) is 4.61. The van der Waals surface area contributed by atoms with Crippen LogP contribution >= 0.6 is 11.3 Å². The van der Waals surface area contributed by atoms with Gasteiger partial charge in [0.15, 0.2) is 0 Å². The molecule has 1 aromatic rings. The van der Waals surface area contributed by atoms with Gasteiger partial charge in [0.25, 0.3) is 5.91 Å². The molecule has 1 aliphatic heterocycles.